The molecule has 3 fully saturated rings. The second kappa shape index (κ2) is 8.87. The molecule has 0 heterocycles. The van der Waals surface area contributed by atoms with Gasteiger partial charge in [-0.1, -0.05) is 91.0 Å². The fourth-order valence-corrected chi connectivity index (χ4v) is 9.13. The minimum atomic E-state index is -0.141. The summed E-state index contributed by atoms with van der Waals surface area (Å²) in [6.45, 7) is 18.6. The van der Waals surface area contributed by atoms with Gasteiger partial charge in [-0.15, -0.1) is 0 Å². The third-order valence-corrected chi connectivity index (χ3v) is 10.9. The van der Waals surface area contributed by atoms with Crippen LogP contribution in [0.25, 0.3) is 0 Å². The predicted molar refractivity (Wildman–Crippen MR) is 138 cm³/mol. The predicted octanol–water partition coefficient (Wildman–Crippen LogP) is 8.52. The lowest BCUT2D eigenvalue weighted by Gasteiger charge is -2.58. The van der Waals surface area contributed by atoms with Crippen LogP contribution in [-0.4, -0.2) is 12.1 Å². The summed E-state index contributed by atoms with van der Waals surface area (Å²) < 4.78 is 5.81. The largest absolute Gasteiger partial charge is 0.462 e. The van der Waals surface area contributed by atoms with E-state index in [4.69, 9.17) is 4.74 Å². The molecule has 0 spiro atoms. The van der Waals surface area contributed by atoms with Crippen LogP contribution in [0.5, 0.6) is 0 Å². The van der Waals surface area contributed by atoms with Crippen molar-refractivity contribution in [3.63, 3.8) is 0 Å². The Morgan fingerprint density at radius 1 is 0.970 bits per heavy atom. The number of ether oxygens (including phenoxy) is 1. The number of esters is 1. The van der Waals surface area contributed by atoms with E-state index in [1.807, 2.05) is 0 Å². The fraction of sp³-hybridized carbons (Fsp3) is 0.839. The van der Waals surface area contributed by atoms with Crippen LogP contribution in [0.2, 0.25) is 0 Å². The summed E-state index contributed by atoms with van der Waals surface area (Å²) in [4.78, 5) is 11.8. The van der Waals surface area contributed by atoms with E-state index >= 15 is 0 Å². The molecule has 2 heteroatoms. The third-order valence-electron chi connectivity index (χ3n) is 10.9. The number of fused-ring (bicyclic) bond motifs is 5. The lowest BCUT2D eigenvalue weighted by Crippen LogP contribution is -2.52. The maximum absolute atomic E-state index is 11.8. The molecule has 0 amide bonds. The van der Waals surface area contributed by atoms with E-state index in [9.17, 15) is 4.79 Å². The minimum absolute atomic E-state index is 0.000631. The molecule has 4 rings (SSSR count). The number of allylic oxidation sites excluding steroid dienone is 3. The second-order valence-corrected chi connectivity index (χ2v) is 13.7. The van der Waals surface area contributed by atoms with Gasteiger partial charge in [-0.2, -0.15) is 0 Å². The molecule has 0 aromatic rings. The molecule has 0 bridgehead atoms. The first-order chi connectivity index (χ1) is 15.4. The van der Waals surface area contributed by atoms with Crippen molar-refractivity contribution >= 4 is 5.97 Å². The van der Waals surface area contributed by atoms with Crippen molar-refractivity contribution in [3.8, 4) is 0 Å². The first-order valence-electron chi connectivity index (χ1n) is 14.0. The van der Waals surface area contributed by atoms with Crippen LogP contribution in [-0.2, 0) is 9.53 Å². The van der Waals surface area contributed by atoms with Gasteiger partial charge in [0.05, 0.1) is 0 Å². The van der Waals surface area contributed by atoms with Crippen molar-refractivity contribution in [3.05, 3.63) is 23.3 Å². The van der Waals surface area contributed by atoms with E-state index in [0.29, 0.717) is 11.3 Å². The highest BCUT2D eigenvalue weighted by atomic mass is 16.5. The summed E-state index contributed by atoms with van der Waals surface area (Å²) >= 11 is 0. The van der Waals surface area contributed by atoms with Gasteiger partial charge < -0.3 is 4.74 Å². The Kier molecular flexibility index (Phi) is 6.73. The molecule has 186 valence electrons. The zero-order valence-corrected chi connectivity index (χ0v) is 22.8. The minimum Gasteiger partial charge on any atom is -0.462 e. The van der Waals surface area contributed by atoms with Gasteiger partial charge in [0.25, 0.3) is 0 Å². The maximum Gasteiger partial charge on any atom is 0.302 e. The van der Waals surface area contributed by atoms with Crippen LogP contribution in [0, 0.1) is 45.8 Å². The zero-order chi connectivity index (χ0) is 24.2. The molecule has 0 saturated heterocycles. The molecule has 7 atom stereocenters. The van der Waals surface area contributed by atoms with Crippen molar-refractivity contribution in [2.75, 3.05) is 0 Å². The number of rotatable bonds is 6. The number of hydrogen-bond donors (Lipinski definition) is 0. The van der Waals surface area contributed by atoms with Gasteiger partial charge in [-0.3, -0.25) is 4.79 Å². The number of carbonyl (C=O) groups is 1. The van der Waals surface area contributed by atoms with Gasteiger partial charge in [0.1, 0.15) is 6.10 Å². The Morgan fingerprint density at radius 3 is 2.36 bits per heavy atom. The summed E-state index contributed by atoms with van der Waals surface area (Å²) in [5.74, 6) is 3.84. The van der Waals surface area contributed by atoms with E-state index in [-0.39, 0.29) is 22.9 Å². The van der Waals surface area contributed by atoms with Crippen molar-refractivity contribution in [2.45, 2.75) is 119 Å². The first kappa shape index (κ1) is 25.1. The molecular weight excluding hydrogens is 404 g/mol. The van der Waals surface area contributed by atoms with Gasteiger partial charge in [0.15, 0.2) is 0 Å². The Balaban J connectivity index is 1.58. The average molecular weight is 455 g/mol. The van der Waals surface area contributed by atoms with E-state index in [1.54, 1.807) is 12.5 Å². The van der Waals surface area contributed by atoms with Crippen molar-refractivity contribution in [2.24, 2.45) is 45.8 Å². The highest BCUT2D eigenvalue weighted by molar-refractivity contribution is 5.66. The summed E-state index contributed by atoms with van der Waals surface area (Å²) in [7, 11) is 0. The lowest BCUT2D eigenvalue weighted by atomic mass is 9.46. The average Bonchev–Trinajstić information content (AvgIpc) is 3.07. The molecular formula is C31H50O2. The van der Waals surface area contributed by atoms with E-state index in [1.165, 1.54) is 50.5 Å². The molecule has 0 N–H and O–H groups in total. The highest BCUT2D eigenvalue weighted by Gasteiger charge is 2.59. The van der Waals surface area contributed by atoms with Gasteiger partial charge >= 0.3 is 5.97 Å². The van der Waals surface area contributed by atoms with Crippen LogP contribution < -0.4 is 0 Å². The third kappa shape index (κ3) is 4.16. The molecule has 0 unspecified atom stereocenters. The molecule has 0 radical (unpaired) electrons. The van der Waals surface area contributed by atoms with Gasteiger partial charge in [-0.25, -0.2) is 0 Å². The molecule has 0 aromatic carbocycles. The van der Waals surface area contributed by atoms with Crippen LogP contribution in [0.3, 0.4) is 0 Å². The number of carbonyl (C=O) groups excluding carboxylic acids is 1. The molecule has 4 aliphatic carbocycles. The smallest absolute Gasteiger partial charge is 0.302 e. The van der Waals surface area contributed by atoms with Gasteiger partial charge in [-0.05, 0) is 78.9 Å². The highest BCUT2D eigenvalue weighted by Crippen LogP contribution is 2.67. The molecule has 4 aliphatic rings. The Bertz CT molecular complexity index is 817. The van der Waals surface area contributed by atoms with Crippen LogP contribution in [0.15, 0.2) is 23.3 Å². The van der Waals surface area contributed by atoms with Crippen LogP contribution in [0.1, 0.15) is 113 Å². The van der Waals surface area contributed by atoms with E-state index < -0.39 is 0 Å². The van der Waals surface area contributed by atoms with Crippen LogP contribution >= 0.6 is 0 Å². The maximum atomic E-state index is 11.8. The summed E-state index contributed by atoms with van der Waals surface area (Å²) in [5, 5.41) is 0. The number of hydrogen-bond acceptors (Lipinski definition) is 2. The van der Waals surface area contributed by atoms with Crippen LogP contribution in [0.4, 0.5) is 0 Å². The van der Waals surface area contributed by atoms with Gasteiger partial charge in [0.2, 0.25) is 0 Å². The normalized spacial score (nSPS) is 40.3. The summed E-state index contributed by atoms with van der Waals surface area (Å²) in [6, 6.07) is 0. The van der Waals surface area contributed by atoms with E-state index in [2.05, 4.69) is 60.6 Å². The first-order valence-corrected chi connectivity index (χ1v) is 14.0. The fourth-order valence-electron chi connectivity index (χ4n) is 9.13. The summed E-state index contributed by atoms with van der Waals surface area (Å²) in [5.41, 5.74) is 3.90. The lowest BCUT2D eigenvalue weighted by molar-refractivity contribution is -0.155. The Hall–Kier alpha value is -1.05. The zero-order valence-electron chi connectivity index (χ0n) is 22.8. The molecule has 3 saturated carbocycles. The molecule has 2 nitrogen and oxygen atoms in total. The molecule has 0 aromatic heterocycles. The summed E-state index contributed by atoms with van der Waals surface area (Å²) in [6.07, 6.45) is 16.8. The Labute approximate surface area is 204 Å². The van der Waals surface area contributed by atoms with Crippen molar-refractivity contribution < 1.29 is 9.53 Å². The van der Waals surface area contributed by atoms with E-state index in [0.717, 1.165) is 36.5 Å². The van der Waals surface area contributed by atoms with Gasteiger partial charge in [0, 0.05) is 12.3 Å². The van der Waals surface area contributed by atoms with Crippen molar-refractivity contribution in [1.29, 1.82) is 0 Å². The second-order valence-electron chi connectivity index (χ2n) is 13.7. The topological polar surface area (TPSA) is 26.3 Å². The van der Waals surface area contributed by atoms with Crippen molar-refractivity contribution in [1.82, 2.24) is 0 Å². The Morgan fingerprint density at radius 2 is 1.70 bits per heavy atom. The molecule has 33 heavy (non-hydrogen) atoms. The molecule has 0 aliphatic heterocycles. The quantitative estimate of drug-likeness (QED) is 0.376. The standard InChI is InChI=1S/C31H50O2/c1-20(2)10-9-11-21(3)24-13-14-25-23-12-15-27-29(5,6)28(33-22(4)32)17-19-31(27,8)26(23)16-18-30(24,25)7/h12,15,20-21,24-26,28H,9-11,13-14,16-19H2,1-8H3/t21-,24-,25+,26-,28+,30-,31-/m0/s1. The monoisotopic (exact) mass is 454 g/mol. The SMILES string of the molecule is CC(=O)O[C@@H]1CC[C@]2(C)C(=CC=C3[C@H]4CC[C@@H]([C@@H](C)CCCC(C)C)[C@]4(C)CC[C@@H]32)C1(C)C.